The molecular weight excluding hydrogens is 260 g/mol. The molecule has 0 atom stereocenters. The van der Waals surface area contributed by atoms with Gasteiger partial charge in [-0.2, -0.15) is 0 Å². The molecule has 108 valence electrons. The van der Waals surface area contributed by atoms with Crippen LogP contribution >= 0.6 is 0 Å². The smallest absolute Gasteiger partial charge is 0.331 e. The number of rotatable bonds is 4. The third-order valence-corrected chi connectivity index (χ3v) is 3.64. The highest BCUT2D eigenvalue weighted by Gasteiger charge is 2.45. The second-order valence-corrected chi connectivity index (χ2v) is 4.86. The molecule has 1 aliphatic carbocycles. The molecule has 0 heterocycles. The highest BCUT2D eigenvalue weighted by Crippen LogP contribution is 2.37. The molecule has 1 aliphatic rings. The van der Waals surface area contributed by atoms with Crippen molar-refractivity contribution in [3.05, 3.63) is 23.8 Å². The fraction of sp³-hybridized carbons (Fsp3) is 0.429. The van der Waals surface area contributed by atoms with E-state index in [0.29, 0.717) is 18.5 Å². The number of carbonyl (C=O) groups is 2. The zero-order valence-electron chi connectivity index (χ0n) is 11.5. The lowest BCUT2D eigenvalue weighted by molar-refractivity contribution is -0.149. The Balaban J connectivity index is 2.20. The first-order valence-corrected chi connectivity index (χ1v) is 6.44. The van der Waals surface area contributed by atoms with E-state index in [9.17, 15) is 14.7 Å². The van der Waals surface area contributed by atoms with Crippen molar-refractivity contribution in [2.75, 3.05) is 19.5 Å². The molecule has 1 fully saturated rings. The second kappa shape index (κ2) is 5.40. The minimum atomic E-state index is -0.713. The van der Waals surface area contributed by atoms with Crippen LogP contribution in [0.2, 0.25) is 0 Å². The van der Waals surface area contributed by atoms with Crippen molar-refractivity contribution in [2.24, 2.45) is 0 Å². The molecule has 6 heteroatoms. The van der Waals surface area contributed by atoms with Gasteiger partial charge in [-0.05, 0) is 31.4 Å². The van der Waals surface area contributed by atoms with Crippen LogP contribution in [-0.4, -0.2) is 36.7 Å². The number of ether oxygens (including phenoxy) is 1. The Kier molecular flexibility index (Phi) is 3.83. The molecule has 1 saturated carbocycles. The van der Waals surface area contributed by atoms with E-state index < -0.39 is 5.54 Å². The number of hydrogen-bond donors (Lipinski definition) is 3. The average Bonchev–Trinajstić information content (AvgIpc) is 2.41. The quantitative estimate of drug-likeness (QED) is 0.722. The number of phenols is 1. The first-order chi connectivity index (χ1) is 9.52. The van der Waals surface area contributed by atoms with Crippen LogP contribution in [0.15, 0.2) is 18.2 Å². The van der Waals surface area contributed by atoms with E-state index in [2.05, 4.69) is 10.6 Å². The summed E-state index contributed by atoms with van der Waals surface area (Å²) in [5, 5.41) is 15.4. The van der Waals surface area contributed by atoms with Crippen molar-refractivity contribution >= 4 is 17.6 Å². The number of phenolic OH excluding ortho intramolecular Hbond substituents is 1. The van der Waals surface area contributed by atoms with Crippen LogP contribution in [0.1, 0.15) is 29.6 Å². The Morgan fingerprint density at radius 2 is 2.05 bits per heavy atom. The third-order valence-electron chi connectivity index (χ3n) is 3.64. The molecule has 0 spiro atoms. The minimum absolute atomic E-state index is 0.131. The Hall–Kier alpha value is -2.24. The highest BCUT2D eigenvalue weighted by atomic mass is 16.5. The Morgan fingerprint density at radius 1 is 1.35 bits per heavy atom. The molecule has 0 aliphatic heterocycles. The summed E-state index contributed by atoms with van der Waals surface area (Å²) in [5.41, 5.74) is 0.0643. The van der Waals surface area contributed by atoms with Crippen molar-refractivity contribution in [2.45, 2.75) is 24.8 Å². The van der Waals surface area contributed by atoms with E-state index in [4.69, 9.17) is 4.74 Å². The van der Waals surface area contributed by atoms with Gasteiger partial charge in [0, 0.05) is 18.8 Å². The van der Waals surface area contributed by atoms with Crippen molar-refractivity contribution in [3.63, 3.8) is 0 Å². The fourth-order valence-corrected chi connectivity index (χ4v) is 2.32. The van der Waals surface area contributed by atoms with Gasteiger partial charge in [-0.15, -0.1) is 0 Å². The molecule has 0 radical (unpaired) electrons. The summed E-state index contributed by atoms with van der Waals surface area (Å²) in [6, 6.07) is 4.61. The van der Waals surface area contributed by atoms with E-state index in [1.807, 2.05) is 0 Å². The SMILES string of the molecule is CNC(=O)c1ccc(NC2(C(=O)OC)CCC2)cc1O. The summed E-state index contributed by atoms with van der Waals surface area (Å²) < 4.78 is 4.81. The topological polar surface area (TPSA) is 87.7 Å². The van der Waals surface area contributed by atoms with Crippen molar-refractivity contribution < 1.29 is 19.4 Å². The second-order valence-electron chi connectivity index (χ2n) is 4.86. The predicted octanol–water partition coefficient (Wildman–Crippen LogP) is 1.26. The molecule has 1 amide bonds. The largest absolute Gasteiger partial charge is 0.507 e. The number of carbonyl (C=O) groups excluding carboxylic acids is 2. The lowest BCUT2D eigenvalue weighted by Crippen LogP contribution is -2.52. The maximum atomic E-state index is 11.8. The maximum absolute atomic E-state index is 11.8. The van der Waals surface area contributed by atoms with Crippen LogP contribution in [0.4, 0.5) is 5.69 Å². The summed E-state index contributed by atoms with van der Waals surface area (Å²) in [6.07, 6.45) is 2.33. The first-order valence-electron chi connectivity index (χ1n) is 6.44. The fourth-order valence-electron chi connectivity index (χ4n) is 2.32. The van der Waals surface area contributed by atoms with Crippen molar-refractivity contribution in [3.8, 4) is 5.75 Å². The number of amides is 1. The van der Waals surface area contributed by atoms with Gasteiger partial charge in [0.1, 0.15) is 11.3 Å². The van der Waals surface area contributed by atoms with Gasteiger partial charge in [0.05, 0.1) is 12.7 Å². The van der Waals surface area contributed by atoms with Gasteiger partial charge in [0.25, 0.3) is 5.91 Å². The molecule has 0 saturated heterocycles. The lowest BCUT2D eigenvalue weighted by Gasteiger charge is -2.40. The number of hydrogen-bond acceptors (Lipinski definition) is 5. The van der Waals surface area contributed by atoms with Crippen LogP contribution in [0, 0.1) is 0 Å². The molecule has 20 heavy (non-hydrogen) atoms. The number of anilines is 1. The summed E-state index contributed by atoms with van der Waals surface area (Å²) in [4.78, 5) is 23.3. The Bertz CT molecular complexity index is 538. The normalized spacial score (nSPS) is 15.9. The van der Waals surface area contributed by atoms with Gasteiger partial charge in [0.15, 0.2) is 0 Å². The molecule has 1 aromatic rings. The zero-order valence-corrected chi connectivity index (χ0v) is 11.5. The van der Waals surface area contributed by atoms with Crippen molar-refractivity contribution in [1.29, 1.82) is 0 Å². The molecule has 6 nitrogen and oxygen atoms in total. The number of benzene rings is 1. The number of methoxy groups -OCH3 is 1. The number of esters is 1. The Morgan fingerprint density at radius 3 is 2.50 bits per heavy atom. The lowest BCUT2D eigenvalue weighted by atomic mass is 9.76. The summed E-state index contributed by atoms with van der Waals surface area (Å²) >= 11 is 0. The van der Waals surface area contributed by atoms with Crippen molar-refractivity contribution in [1.82, 2.24) is 5.32 Å². The van der Waals surface area contributed by atoms with Crippen LogP contribution < -0.4 is 10.6 Å². The van der Waals surface area contributed by atoms with Gasteiger partial charge >= 0.3 is 5.97 Å². The van der Waals surface area contributed by atoms with Crippen LogP contribution in [0.5, 0.6) is 5.75 Å². The standard InChI is InChI=1S/C14H18N2O4/c1-15-12(18)10-5-4-9(8-11(10)17)16-14(6-3-7-14)13(19)20-2/h4-5,8,16-17H,3,6-7H2,1-2H3,(H,15,18). The van der Waals surface area contributed by atoms with Gasteiger partial charge in [-0.1, -0.05) is 0 Å². The maximum Gasteiger partial charge on any atom is 0.331 e. The van der Waals surface area contributed by atoms with Gasteiger partial charge in [-0.25, -0.2) is 4.79 Å². The highest BCUT2D eigenvalue weighted by molar-refractivity contribution is 5.97. The van der Waals surface area contributed by atoms with E-state index in [0.717, 1.165) is 6.42 Å². The Labute approximate surface area is 117 Å². The minimum Gasteiger partial charge on any atom is -0.507 e. The monoisotopic (exact) mass is 278 g/mol. The molecule has 1 aromatic carbocycles. The molecular formula is C14H18N2O4. The molecule has 3 N–H and O–H groups in total. The summed E-state index contributed by atoms with van der Waals surface area (Å²) in [5.74, 6) is -0.798. The van der Waals surface area contributed by atoms with Crippen LogP contribution in [0.25, 0.3) is 0 Å². The summed E-state index contributed by atoms with van der Waals surface area (Å²) in [6.45, 7) is 0. The van der Waals surface area contributed by atoms with Crippen LogP contribution in [0.3, 0.4) is 0 Å². The van der Waals surface area contributed by atoms with E-state index in [1.54, 1.807) is 6.07 Å². The predicted molar refractivity (Wildman–Crippen MR) is 73.7 cm³/mol. The zero-order chi connectivity index (χ0) is 14.8. The number of nitrogens with one attached hydrogen (secondary N) is 2. The molecule has 0 aromatic heterocycles. The molecule has 0 unspecified atom stereocenters. The van der Waals surface area contributed by atoms with E-state index in [1.165, 1.54) is 26.3 Å². The van der Waals surface area contributed by atoms with Gasteiger partial charge in [-0.3, -0.25) is 4.79 Å². The molecule has 0 bridgehead atoms. The van der Waals surface area contributed by atoms with Gasteiger partial charge in [0.2, 0.25) is 0 Å². The van der Waals surface area contributed by atoms with E-state index in [-0.39, 0.29) is 23.2 Å². The summed E-state index contributed by atoms with van der Waals surface area (Å²) in [7, 11) is 2.85. The first kappa shape index (κ1) is 14.2. The third kappa shape index (κ3) is 2.41. The van der Waals surface area contributed by atoms with Crippen LogP contribution in [-0.2, 0) is 9.53 Å². The van der Waals surface area contributed by atoms with E-state index >= 15 is 0 Å². The van der Waals surface area contributed by atoms with Gasteiger partial charge < -0.3 is 20.5 Å². The average molecular weight is 278 g/mol. The molecule has 2 rings (SSSR count). The number of aromatic hydroxyl groups is 1.